The largest absolute Gasteiger partial charge is 0.478 e. The number of carbonyl (C=O) groups excluding carboxylic acids is 2. The molecule has 9 rings (SSSR count). The first-order chi connectivity index (χ1) is 33.4. The van der Waals surface area contributed by atoms with E-state index < -0.39 is 11.9 Å². The van der Waals surface area contributed by atoms with Crippen molar-refractivity contribution < 1.29 is 29.4 Å². The van der Waals surface area contributed by atoms with E-state index in [4.69, 9.17) is 30.7 Å². The summed E-state index contributed by atoms with van der Waals surface area (Å²) in [4.78, 5) is 64.7. The summed E-state index contributed by atoms with van der Waals surface area (Å²) in [5.74, 6) is -2.51. The molecule has 0 aliphatic carbocycles. The maximum atomic E-state index is 12.4. The first-order valence-corrected chi connectivity index (χ1v) is 22.3. The lowest BCUT2D eigenvalue weighted by Gasteiger charge is -2.37. The molecule has 18 nitrogen and oxygen atoms in total. The molecule has 2 fully saturated rings. The normalized spacial score (nSPS) is 18.7. The zero-order valence-electron chi connectivity index (χ0n) is 38.2. The Hall–Kier alpha value is -8.45. The number of imidazole rings is 1. The van der Waals surface area contributed by atoms with Gasteiger partial charge < -0.3 is 36.5 Å². The first-order valence-electron chi connectivity index (χ1n) is 22.3. The second kappa shape index (κ2) is 26.2. The Morgan fingerprint density at radius 2 is 1.07 bits per heavy atom. The van der Waals surface area contributed by atoms with E-state index in [1.165, 1.54) is 22.6 Å². The lowest BCUT2D eigenvalue weighted by molar-refractivity contribution is -0.134. The maximum Gasteiger partial charge on any atom is 0.328 e. The van der Waals surface area contributed by atoms with Crippen molar-refractivity contribution in [2.75, 3.05) is 37.8 Å². The molecule has 2 saturated heterocycles. The van der Waals surface area contributed by atoms with Crippen molar-refractivity contribution in [1.82, 2.24) is 30.4 Å². The number of hydrogen-bond acceptors (Lipinski definition) is 11. The van der Waals surface area contributed by atoms with Gasteiger partial charge in [0.1, 0.15) is 0 Å². The highest BCUT2D eigenvalue weighted by atomic mass is 16.4. The second-order valence-electron chi connectivity index (χ2n) is 16.6. The smallest absolute Gasteiger partial charge is 0.328 e. The fourth-order valence-electron chi connectivity index (χ4n) is 8.23. The van der Waals surface area contributed by atoms with Crippen molar-refractivity contribution in [2.24, 2.45) is 9.98 Å². The van der Waals surface area contributed by atoms with E-state index in [0.29, 0.717) is 34.7 Å². The Kier molecular flexibility index (Phi) is 19.6. The van der Waals surface area contributed by atoms with Gasteiger partial charge in [-0.15, -0.1) is 0 Å². The number of aromatic amines is 1. The lowest BCUT2D eigenvalue weighted by atomic mass is 9.92. The minimum Gasteiger partial charge on any atom is -0.478 e. The zero-order chi connectivity index (χ0) is 49.1. The van der Waals surface area contributed by atoms with E-state index in [1.807, 2.05) is 12.1 Å². The van der Waals surface area contributed by atoms with Gasteiger partial charge in [-0.05, 0) is 112 Å². The second-order valence-corrected chi connectivity index (χ2v) is 16.6. The summed E-state index contributed by atoms with van der Waals surface area (Å²) in [5, 5.41) is 45.2. The minimum absolute atomic E-state index is 0. The molecule has 4 aromatic carbocycles. The minimum atomic E-state index is -1.26. The summed E-state index contributed by atoms with van der Waals surface area (Å²) in [5.41, 5.74) is 9.56. The molecule has 7 N–H and O–H groups in total. The third-order valence-corrected chi connectivity index (χ3v) is 11.8. The number of carbonyl (C=O) groups is 4. The van der Waals surface area contributed by atoms with E-state index in [-0.39, 0.29) is 43.7 Å². The molecular weight excluding hydrogens is 889 g/mol. The van der Waals surface area contributed by atoms with Crippen molar-refractivity contribution in [3.8, 4) is 12.1 Å². The number of para-hydroxylation sites is 2. The zero-order valence-corrected chi connectivity index (χ0v) is 38.2. The molecule has 4 aliphatic rings. The van der Waals surface area contributed by atoms with Crippen molar-refractivity contribution in [2.45, 2.75) is 70.1 Å². The van der Waals surface area contributed by atoms with Crippen LogP contribution in [0.15, 0.2) is 138 Å². The van der Waals surface area contributed by atoms with Gasteiger partial charge in [-0.2, -0.15) is 10.5 Å². The Bertz CT molecular complexity index is 2530. The first kappa shape index (κ1) is 52.5. The predicted octanol–water partition coefficient (Wildman–Crippen LogP) is 7.70. The van der Waals surface area contributed by atoms with Crippen LogP contribution < -0.4 is 21.3 Å². The van der Waals surface area contributed by atoms with Gasteiger partial charge in [-0.25, -0.2) is 24.2 Å². The molecule has 1 aromatic heterocycles. The molecule has 0 unspecified atom stereocenters. The van der Waals surface area contributed by atoms with Crippen LogP contribution in [0.3, 0.4) is 0 Å². The Morgan fingerprint density at radius 3 is 1.40 bits per heavy atom. The summed E-state index contributed by atoms with van der Waals surface area (Å²) < 4.78 is 0. The molecule has 5 heterocycles. The molecule has 18 heteroatoms. The number of nitrogens with zero attached hydrogens (tertiary/aromatic N) is 7. The highest BCUT2D eigenvalue weighted by Crippen LogP contribution is 2.32. The number of aromatic nitrogens is 2. The van der Waals surface area contributed by atoms with Crippen LogP contribution >= 0.6 is 0 Å². The third-order valence-electron chi connectivity index (χ3n) is 11.8. The average molecular weight is 947 g/mol. The van der Waals surface area contributed by atoms with E-state index in [1.54, 1.807) is 67.3 Å². The number of nitrogens with one attached hydrogen (secondary N) is 5. The molecule has 362 valence electrons. The number of urea groups is 2. The number of aliphatic carboxylic acids is 2. The van der Waals surface area contributed by atoms with E-state index >= 15 is 0 Å². The fraction of sp³-hybridized carbons (Fsp3) is 0.288. The van der Waals surface area contributed by atoms with Crippen molar-refractivity contribution in [3.63, 3.8) is 0 Å². The predicted molar refractivity (Wildman–Crippen MR) is 270 cm³/mol. The number of fused-ring (bicyclic) bond motifs is 2. The quantitative estimate of drug-likeness (QED) is 0.0741. The van der Waals surface area contributed by atoms with Gasteiger partial charge in [0.15, 0.2) is 0 Å². The van der Waals surface area contributed by atoms with Crippen LogP contribution in [0.5, 0.6) is 0 Å². The Labute approximate surface area is 407 Å². The monoisotopic (exact) mass is 946 g/mol. The number of nitriles is 2. The van der Waals surface area contributed by atoms with Gasteiger partial charge in [-0.3, -0.25) is 19.8 Å². The Morgan fingerprint density at radius 1 is 0.657 bits per heavy atom. The van der Waals surface area contributed by atoms with Gasteiger partial charge >= 0.3 is 24.0 Å². The van der Waals surface area contributed by atoms with Crippen LogP contribution in [0.4, 0.5) is 32.3 Å². The highest BCUT2D eigenvalue weighted by molar-refractivity contribution is 5.99. The highest BCUT2D eigenvalue weighted by Gasteiger charge is 2.34. The molecule has 0 bridgehead atoms. The van der Waals surface area contributed by atoms with Gasteiger partial charge in [0.05, 0.1) is 53.1 Å². The van der Waals surface area contributed by atoms with Gasteiger partial charge in [0.25, 0.3) is 0 Å². The summed E-state index contributed by atoms with van der Waals surface area (Å²) >= 11 is 0. The SMILES string of the molecule is C.CN1CC[C@@H](NC(=O)Nc2ccc(C#N)cc2)C[C@@H]1C1=Nc2ccccc2C1.CN1CC[C@@H](NC(=O)Nc2ccc(C#N)cc2)C[C@@H]1C1=Nc2ccccc2C1.O=C(O)/C=C\C(=O)O.c1c[nH]cn1. The molecule has 0 saturated carbocycles. The van der Waals surface area contributed by atoms with Crippen molar-refractivity contribution in [3.05, 3.63) is 150 Å². The van der Waals surface area contributed by atoms with Gasteiger partial charge in [-0.1, -0.05) is 43.8 Å². The number of H-pyrrole nitrogens is 1. The number of piperidine rings is 2. The van der Waals surface area contributed by atoms with Crippen LogP contribution in [0, 0.1) is 22.7 Å². The van der Waals surface area contributed by atoms with Crippen LogP contribution in [0.1, 0.15) is 55.4 Å². The van der Waals surface area contributed by atoms with Crippen LogP contribution in [-0.2, 0) is 22.4 Å². The molecule has 4 amide bonds. The fourth-order valence-corrected chi connectivity index (χ4v) is 8.23. The van der Waals surface area contributed by atoms with Crippen molar-refractivity contribution in [1.29, 1.82) is 10.5 Å². The van der Waals surface area contributed by atoms with E-state index in [2.05, 4.69) is 104 Å². The summed E-state index contributed by atoms with van der Waals surface area (Å²) in [6.45, 7) is 1.84. The third kappa shape index (κ3) is 15.8. The number of aliphatic imine (C=N–C) groups is 2. The number of carboxylic acids is 2. The van der Waals surface area contributed by atoms with E-state index in [9.17, 15) is 19.2 Å². The average Bonchev–Trinajstić information content (AvgIpc) is 4.16. The molecular formula is C52H58N12O6. The number of benzene rings is 4. The summed E-state index contributed by atoms with van der Waals surface area (Å²) in [6, 6.07) is 34.7. The molecule has 4 atom stereocenters. The number of carboxylic acid groups (broad SMARTS) is 2. The molecule has 5 aromatic rings. The summed E-state index contributed by atoms with van der Waals surface area (Å²) in [7, 11) is 4.26. The molecule has 70 heavy (non-hydrogen) atoms. The number of rotatable bonds is 8. The van der Waals surface area contributed by atoms with Crippen LogP contribution in [-0.4, -0.2) is 117 Å². The molecule has 0 radical (unpaired) electrons. The number of anilines is 2. The van der Waals surface area contributed by atoms with Gasteiger partial charge in [0, 0.05) is 85.4 Å². The van der Waals surface area contributed by atoms with Crippen LogP contribution in [0.2, 0.25) is 0 Å². The topological polar surface area (TPSA) is 264 Å². The standard InChI is InChI=1S/2C22H23N5O.C4H4O4.C3H4N2.CH4/c2*1-27-11-10-18(25-22(28)24-17-8-6-15(14-23)7-9-17)13-21(27)20-12-16-4-2-3-5-19(16)26-20;5-3(6)1-2-4(7)8;1-2-5-3-4-1;/h2*2-9,18,21H,10-13H2,1H3,(H2,24,25,28);1-2H,(H,5,6)(H,7,8);1-3H,(H,4,5);1H4/b;;2-1-;;/t2*18-,21-;;;/m11.../s1. The molecule has 4 aliphatic heterocycles. The van der Waals surface area contributed by atoms with Gasteiger partial charge in [0.2, 0.25) is 0 Å². The van der Waals surface area contributed by atoms with Crippen molar-refractivity contribution >= 4 is 58.2 Å². The van der Waals surface area contributed by atoms with Crippen LogP contribution in [0.25, 0.3) is 0 Å². The van der Waals surface area contributed by atoms with E-state index in [0.717, 1.165) is 63.0 Å². The number of hydrogen-bond donors (Lipinski definition) is 7. The lowest BCUT2D eigenvalue weighted by Crippen LogP contribution is -2.52. The number of amides is 4. The molecule has 0 spiro atoms. The number of likely N-dealkylation sites (tertiary alicyclic amines) is 2. The Balaban J connectivity index is 0.000000205. The maximum absolute atomic E-state index is 12.4. The summed E-state index contributed by atoms with van der Waals surface area (Å²) in [6.07, 6.45) is 11.5.